The zero-order valence-corrected chi connectivity index (χ0v) is 13.8. The lowest BCUT2D eigenvalue weighted by Crippen LogP contribution is -2.49. The zero-order chi connectivity index (χ0) is 17.0. The van der Waals surface area contributed by atoms with E-state index in [4.69, 9.17) is 4.74 Å². The summed E-state index contributed by atoms with van der Waals surface area (Å²) in [6.07, 6.45) is 2.63. The van der Waals surface area contributed by atoms with Crippen LogP contribution in [-0.2, 0) is 0 Å². The van der Waals surface area contributed by atoms with Crippen LogP contribution < -0.4 is 4.74 Å². The summed E-state index contributed by atoms with van der Waals surface area (Å²) in [6, 6.07) is 13.2. The van der Waals surface area contributed by atoms with Gasteiger partial charge in [-0.25, -0.2) is 0 Å². The van der Waals surface area contributed by atoms with Crippen molar-refractivity contribution in [2.24, 2.45) is 0 Å². The lowest BCUT2D eigenvalue weighted by molar-refractivity contribution is -0.0476. The SMILES string of the molecule is Cc1cccnc1C(=O)N1CCC(O)(COc2ccccc2)CC1. The summed E-state index contributed by atoms with van der Waals surface area (Å²) in [7, 11) is 0. The summed E-state index contributed by atoms with van der Waals surface area (Å²) in [5.41, 5.74) is 0.463. The fraction of sp³-hybridized carbons (Fsp3) is 0.368. The quantitative estimate of drug-likeness (QED) is 0.937. The minimum Gasteiger partial charge on any atom is -0.491 e. The number of hydrogen-bond donors (Lipinski definition) is 1. The van der Waals surface area contributed by atoms with Crippen LogP contribution >= 0.6 is 0 Å². The van der Waals surface area contributed by atoms with E-state index in [0.717, 1.165) is 11.3 Å². The van der Waals surface area contributed by atoms with E-state index in [0.29, 0.717) is 31.6 Å². The van der Waals surface area contributed by atoms with Crippen molar-refractivity contribution in [3.05, 3.63) is 59.9 Å². The number of rotatable bonds is 4. The molecule has 2 aromatic rings. The van der Waals surface area contributed by atoms with Crippen molar-refractivity contribution < 1.29 is 14.6 Å². The summed E-state index contributed by atoms with van der Waals surface area (Å²) in [6.45, 7) is 3.13. The normalized spacial score (nSPS) is 16.7. The standard InChI is InChI=1S/C19H22N2O3/c1-15-6-5-11-20-17(15)18(22)21-12-9-19(23,10-13-21)14-24-16-7-3-2-4-8-16/h2-8,11,23H,9-10,12-14H2,1H3. The Hall–Kier alpha value is -2.40. The number of likely N-dealkylation sites (tertiary alicyclic amines) is 1. The first-order valence-corrected chi connectivity index (χ1v) is 8.19. The molecule has 1 fully saturated rings. The number of aliphatic hydroxyl groups is 1. The van der Waals surface area contributed by atoms with E-state index in [2.05, 4.69) is 4.98 Å². The van der Waals surface area contributed by atoms with Crippen LogP contribution in [0.4, 0.5) is 0 Å². The molecule has 1 aromatic heterocycles. The largest absolute Gasteiger partial charge is 0.491 e. The second-order valence-corrected chi connectivity index (χ2v) is 6.29. The number of ether oxygens (including phenoxy) is 1. The molecule has 0 atom stereocenters. The van der Waals surface area contributed by atoms with Crippen molar-refractivity contribution in [1.82, 2.24) is 9.88 Å². The van der Waals surface area contributed by atoms with Crippen molar-refractivity contribution in [3.63, 3.8) is 0 Å². The zero-order valence-electron chi connectivity index (χ0n) is 13.8. The van der Waals surface area contributed by atoms with Crippen LogP contribution in [0.15, 0.2) is 48.7 Å². The summed E-state index contributed by atoms with van der Waals surface area (Å²) >= 11 is 0. The lowest BCUT2D eigenvalue weighted by atomic mass is 9.92. The predicted octanol–water partition coefficient (Wildman–Crippen LogP) is 2.44. The number of hydrogen-bond acceptors (Lipinski definition) is 4. The summed E-state index contributed by atoms with van der Waals surface area (Å²) in [4.78, 5) is 18.5. The fourth-order valence-electron chi connectivity index (χ4n) is 2.86. The first-order chi connectivity index (χ1) is 11.6. The number of amides is 1. The van der Waals surface area contributed by atoms with E-state index in [-0.39, 0.29) is 12.5 Å². The molecule has 0 aliphatic carbocycles. The Kier molecular flexibility index (Phi) is 4.81. The molecule has 2 heterocycles. The summed E-state index contributed by atoms with van der Waals surface area (Å²) in [5, 5.41) is 10.7. The molecule has 126 valence electrons. The van der Waals surface area contributed by atoms with Gasteiger partial charge in [0, 0.05) is 19.3 Å². The van der Waals surface area contributed by atoms with Gasteiger partial charge < -0.3 is 14.7 Å². The third-order valence-corrected chi connectivity index (χ3v) is 4.44. The van der Waals surface area contributed by atoms with Gasteiger partial charge in [-0.1, -0.05) is 24.3 Å². The highest BCUT2D eigenvalue weighted by Crippen LogP contribution is 2.25. The number of carbonyl (C=O) groups is 1. The van der Waals surface area contributed by atoms with Gasteiger partial charge in [0.15, 0.2) is 0 Å². The van der Waals surface area contributed by atoms with Gasteiger partial charge in [0.2, 0.25) is 0 Å². The van der Waals surface area contributed by atoms with Crippen LogP contribution in [-0.4, -0.2) is 46.2 Å². The van der Waals surface area contributed by atoms with Gasteiger partial charge in [0.25, 0.3) is 5.91 Å². The van der Waals surface area contributed by atoms with E-state index < -0.39 is 5.60 Å². The highest BCUT2D eigenvalue weighted by atomic mass is 16.5. The highest BCUT2D eigenvalue weighted by Gasteiger charge is 2.35. The number of para-hydroxylation sites is 1. The third-order valence-electron chi connectivity index (χ3n) is 4.44. The molecular weight excluding hydrogens is 304 g/mol. The van der Waals surface area contributed by atoms with E-state index in [9.17, 15) is 9.90 Å². The fourth-order valence-corrected chi connectivity index (χ4v) is 2.86. The van der Waals surface area contributed by atoms with E-state index in [1.165, 1.54) is 0 Å². The Morgan fingerprint density at radius 1 is 1.21 bits per heavy atom. The van der Waals surface area contributed by atoms with Gasteiger partial charge in [-0.05, 0) is 43.5 Å². The minimum absolute atomic E-state index is 0.0703. The molecule has 0 spiro atoms. The molecule has 1 aromatic carbocycles. The van der Waals surface area contributed by atoms with Gasteiger partial charge >= 0.3 is 0 Å². The second-order valence-electron chi connectivity index (χ2n) is 6.29. The molecule has 1 aliphatic heterocycles. The van der Waals surface area contributed by atoms with Crippen LogP contribution in [0.25, 0.3) is 0 Å². The van der Waals surface area contributed by atoms with Crippen molar-refractivity contribution in [2.45, 2.75) is 25.4 Å². The van der Waals surface area contributed by atoms with E-state index in [1.807, 2.05) is 49.4 Å². The number of aryl methyl sites for hydroxylation is 1. The van der Waals surface area contributed by atoms with Gasteiger partial charge in [-0.2, -0.15) is 0 Å². The molecule has 0 bridgehead atoms. The number of aromatic nitrogens is 1. The van der Waals surface area contributed by atoms with Crippen molar-refractivity contribution >= 4 is 5.91 Å². The summed E-state index contributed by atoms with van der Waals surface area (Å²) < 4.78 is 5.68. The van der Waals surface area contributed by atoms with Crippen LogP contribution in [0.3, 0.4) is 0 Å². The number of carbonyl (C=O) groups excluding carboxylic acids is 1. The molecule has 0 radical (unpaired) electrons. The van der Waals surface area contributed by atoms with Crippen molar-refractivity contribution in [2.75, 3.05) is 19.7 Å². The maximum atomic E-state index is 12.6. The maximum Gasteiger partial charge on any atom is 0.272 e. The average Bonchev–Trinajstić information content (AvgIpc) is 2.62. The van der Waals surface area contributed by atoms with Crippen LogP contribution in [0.5, 0.6) is 5.75 Å². The van der Waals surface area contributed by atoms with Crippen LogP contribution in [0.1, 0.15) is 28.9 Å². The molecular formula is C19H22N2O3. The summed E-state index contributed by atoms with van der Waals surface area (Å²) in [5.74, 6) is 0.674. The molecule has 3 rings (SSSR count). The Morgan fingerprint density at radius 2 is 1.92 bits per heavy atom. The first kappa shape index (κ1) is 16.5. The molecule has 0 unspecified atom stereocenters. The van der Waals surface area contributed by atoms with Gasteiger partial charge in [-0.3, -0.25) is 9.78 Å². The third kappa shape index (κ3) is 3.74. The van der Waals surface area contributed by atoms with E-state index in [1.54, 1.807) is 11.1 Å². The molecule has 5 nitrogen and oxygen atoms in total. The van der Waals surface area contributed by atoms with Crippen molar-refractivity contribution in [3.8, 4) is 5.75 Å². The molecule has 1 aliphatic rings. The Labute approximate surface area is 141 Å². The van der Waals surface area contributed by atoms with Gasteiger partial charge in [-0.15, -0.1) is 0 Å². The van der Waals surface area contributed by atoms with Gasteiger partial charge in [0.1, 0.15) is 23.7 Å². The van der Waals surface area contributed by atoms with Crippen molar-refractivity contribution in [1.29, 1.82) is 0 Å². The van der Waals surface area contributed by atoms with Gasteiger partial charge in [0.05, 0.1) is 0 Å². The Balaban J connectivity index is 1.57. The topological polar surface area (TPSA) is 62.7 Å². The molecule has 1 saturated heterocycles. The second kappa shape index (κ2) is 7.01. The highest BCUT2D eigenvalue weighted by molar-refractivity contribution is 5.93. The lowest BCUT2D eigenvalue weighted by Gasteiger charge is -2.37. The maximum absolute atomic E-state index is 12.6. The number of piperidine rings is 1. The molecule has 1 N–H and O–H groups in total. The van der Waals surface area contributed by atoms with E-state index >= 15 is 0 Å². The average molecular weight is 326 g/mol. The molecule has 24 heavy (non-hydrogen) atoms. The molecule has 1 amide bonds. The number of pyridine rings is 1. The Morgan fingerprint density at radius 3 is 2.58 bits per heavy atom. The first-order valence-electron chi connectivity index (χ1n) is 8.19. The predicted molar refractivity (Wildman–Crippen MR) is 91.0 cm³/mol. The monoisotopic (exact) mass is 326 g/mol. The molecule has 0 saturated carbocycles. The smallest absolute Gasteiger partial charge is 0.272 e. The molecule has 5 heteroatoms. The van der Waals surface area contributed by atoms with Crippen LogP contribution in [0.2, 0.25) is 0 Å². The Bertz CT molecular complexity index is 695. The minimum atomic E-state index is -0.897. The number of nitrogens with zero attached hydrogens (tertiary/aromatic N) is 2. The number of benzene rings is 1. The van der Waals surface area contributed by atoms with Crippen LogP contribution in [0, 0.1) is 6.92 Å².